The molecule has 15 heavy (non-hydrogen) atoms. The summed E-state index contributed by atoms with van der Waals surface area (Å²) in [7, 11) is 1.35. The zero-order chi connectivity index (χ0) is 10.8. The second kappa shape index (κ2) is 3.52. The maximum absolute atomic E-state index is 11.5. The number of benzene rings is 1. The van der Waals surface area contributed by atoms with Crippen molar-refractivity contribution < 1.29 is 14.6 Å². The predicted octanol–water partition coefficient (Wildman–Crippen LogP) is 1.67. The zero-order valence-electron chi connectivity index (χ0n) is 8.07. The van der Waals surface area contributed by atoms with Gasteiger partial charge >= 0.3 is 0 Å². The molecular weight excluding hydrogens is 194 g/mol. The molecular formula is C11H9NO3. The Kier molecular flexibility index (Phi) is 2.20. The molecule has 0 bridgehead atoms. The van der Waals surface area contributed by atoms with E-state index in [1.165, 1.54) is 7.11 Å². The molecule has 0 saturated heterocycles. The van der Waals surface area contributed by atoms with Gasteiger partial charge in [0.15, 0.2) is 5.76 Å². The number of aliphatic hydroxyl groups is 1. The van der Waals surface area contributed by atoms with Crippen LogP contribution in [0.2, 0.25) is 0 Å². The molecule has 1 aromatic rings. The topological polar surface area (TPSA) is 58.6 Å². The molecule has 76 valence electrons. The van der Waals surface area contributed by atoms with Gasteiger partial charge in [-0.15, -0.1) is 0 Å². The van der Waals surface area contributed by atoms with E-state index < -0.39 is 5.91 Å². The van der Waals surface area contributed by atoms with Crippen molar-refractivity contribution in [3.05, 3.63) is 41.3 Å². The summed E-state index contributed by atoms with van der Waals surface area (Å²) < 4.78 is 4.80. The average molecular weight is 203 g/mol. The van der Waals surface area contributed by atoms with E-state index in [4.69, 9.17) is 4.74 Å². The third-order valence-electron chi connectivity index (χ3n) is 2.07. The predicted molar refractivity (Wildman–Crippen MR) is 55.1 cm³/mol. The Bertz CT molecular complexity index is 484. The van der Waals surface area contributed by atoms with Crippen LogP contribution in [-0.2, 0) is 9.53 Å². The smallest absolute Gasteiger partial charge is 0.299 e. The lowest BCUT2D eigenvalue weighted by Crippen LogP contribution is -2.14. The van der Waals surface area contributed by atoms with Crippen LogP contribution in [0.25, 0.3) is 5.76 Å². The highest BCUT2D eigenvalue weighted by Gasteiger charge is 2.17. The number of fused-ring (bicyclic) bond motifs is 1. The van der Waals surface area contributed by atoms with Gasteiger partial charge in [-0.2, -0.15) is 0 Å². The van der Waals surface area contributed by atoms with Gasteiger partial charge in [0.2, 0.25) is 5.76 Å². The van der Waals surface area contributed by atoms with Crippen LogP contribution >= 0.6 is 0 Å². The number of aliphatic hydroxyl groups excluding tert-OH is 1. The SMILES string of the molecule is COC1=C=C(O)c2ccccc2NC1=O. The average Bonchev–Trinajstić information content (AvgIpc) is 2.37. The molecule has 4 nitrogen and oxygen atoms in total. The minimum atomic E-state index is -0.422. The summed E-state index contributed by atoms with van der Waals surface area (Å²) in [6.45, 7) is 0. The minimum Gasteiger partial charge on any atom is -0.501 e. The van der Waals surface area contributed by atoms with Crippen molar-refractivity contribution >= 4 is 17.4 Å². The number of carbonyl (C=O) groups is 1. The Morgan fingerprint density at radius 3 is 2.87 bits per heavy atom. The highest BCUT2D eigenvalue weighted by Crippen LogP contribution is 2.24. The fraction of sp³-hybridized carbons (Fsp3) is 0.0909. The number of carbonyl (C=O) groups excluding carboxylic acids is 1. The van der Waals surface area contributed by atoms with E-state index in [0.29, 0.717) is 11.3 Å². The van der Waals surface area contributed by atoms with Gasteiger partial charge in [-0.25, -0.2) is 0 Å². The molecule has 0 aliphatic carbocycles. The van der Waals surface area contributed by atoms with Crippen LogP contribution in [0, 0.1) is 0 Å². The normalized spacial score (nSPS) is 14.3. The number of nitrogens with one attached hydrogen (secondary N) is 1. The first kappa shape index (κ1) is 9.37. The van der Waals surface area contributed by atoms with E-state index in [-0.39, 0.29) is 11.5 Å². The van der Waals surface area contributed by atoms with Crippen molar-refractivity contribution in [2.45, 2.75) is 0 Å². The fourth-order valence-corrected chi connectivity index (χ4v) is 1.35. The lowest BCUT2D eigenvalue weighted by molar-refractivity contribution is -0.115. The first-order chi connectivity index (χ1) is 7.22. The van der Waals surface area contributed by atoms with Crippen molar-refractivity contribution in [1.82, 2.24) is 0 Å². The third kappa shape index (κ3) is 1.58. The minimum absolute atomic E-state index is 0.0382. The van der Waals surface area contributed by atoms with Crippen molar-refractivity contribution in [3.8, 4) is 0 Å². The molecule has 0 aromatic heterocycles. The van der Waals surface area contributed by atoms with E-state index in [1.807, 2.05) is 0 Å². The maximum atomic E-state index is 11.5. The number of hydrogen-bond acceptors (Lipinski definition) is 3. The largest absolute Gasteiger partial charge is 0.501 e. The number of para-hydroxylation sites is 1. The standard InChI is InChI=1S/C11H9NO3/c1-15-10-6-9(13)7-4-2-3-5-8(7)12-11(10)14/h2-5,13H,1H3,(H,12,14). The molecule has 1 aliphatic heterocycles. The molecule has 0 fully saturated rings. The molecule has 0 atom stereocenters. The van der Waals surface area contributed by atoms with Crippen molar-refractivity contribution in [2.75, 3.05) is 12.4 Å². The van der Waals surface area contributed by atoms with Gasteiger partial charge in [0.05, 0.1) is 12.8 Å². The summed E-state index contributed by atoms with van der Waals surface area (Å²) in [5, 5.41) is 12.3. The van der Waals surface area contributed by atoms with Crippen molar-refractivity contribution in [1.29, 1.82) is 0 Å². The second-order valence-electron chi connectivity index (χ2n) is 3.01. The summed E-state index contributed by atoms with van der Waals surface area (Å²) in [4.78, 5) is 11.5. The van der Waals surface area contributed by atoms with E-state index in [2.05, 4.69) is 11.0 Å². The van der Waals surface area contributed by atoms with Crippen LogP contribution in [-0.4, -0.2) is 18.1 Å². The summed E-state index contributed by atoms with van der Waals surface area (Å²) in [5.74, 6) is -0.571. The van der Waals surface area contributed by atoms with E-state index in [0.717, 1.165) is 0 Å². The number of amides is 1. The van der Waals surface area contributed by atoms with Gasteiger partial charge in [0.25, 0.3) is 5.91 Å². The monoisotopic (exact) mass is 203 g/mol. The quantitative estimate of drug-likeness (QED) is 0.682. The summed E-state index contributed by atoms with van der Waals surface area (Å²) in [6.07, 6.45) is 0. The Balaban J connectivity index is 2.65. The molecule has 0 unspecified atom stereocenters. The Morgan fingerprint density at radius 1 is 1.40 bits per heavy atom. The molecule has 1 aliphatic rings. The highest BCUT2D eigenvalue weighted by molar-refractivity contribution is 6.05. The summed E-state index contributed by atoms with van der Waals surface area (Å²) in [5.41, 5.74) is 3.56. The fourth-order valence-electron chi connectivity index (χ4n) is 1.35. The molecule has 1 aromatic carbocycles. The molecule has 1 amide bonds. The zero-order valence-corrected chi connectivity index (χ0v) is 8.07. The van der Waals surface area contributed by atoms with Gasteiger partial charge in [-0.3, -0.25) is 4.79 Å². The molecule has 2 N–H and O–H groups in total. The van der Waals surface area contributed by atoms with E-state index >= 15 is 0 Å². The van der Waals surface area contributed by atoms with E-state index in [9.17, 15) is 9.90 Å². The van der Waals surface area contributed by atoms with E-state index in [1.54, 1.807) is 24.3 Å². The number of rotatable bonds is 1. The summed E-state index contributed by atoms with van der Waals surface area (Å²) in [6, 6.07) is 6.92. The number of anilines is 1. The second-order valence-corrected chi connectivity index (χ2v) is 3.01. The highest BCUT2D eigenvalue weighted by atomic mass is 16.5. The van der Waals surface area contributed by atoms with Gasteiger partial charge in [0, 0.05) is 5.56 Å². The maximum Gasteiger partial charge on any atom is 0.299 e. The van der Waals surface area contributed by atoms with Gasteiger partial charge < -0.3 is 15.2 Å². The number of ether oxygens (including phenoxy) is 1. The Labute approximate surface area is 86.5 Å². The van der Waals surface area contributed by atoms with Crippen LogP contribution in [0.1, 0.15) is 5.56 Å². The lowest BCUT2D eigenvalue weighted by Gasteiger charge is -2.06. The first-order valence-corrected chi connectivity index (χ1v) is 4.37. The van der Waals surface area contributed by atoms with Crippen LogP contribution in [0.15, 0.2) is 35.8 Å². The molecule has 0 radical (unpaired) electrons. The molecule has 0 saturated carbocycles. The summed E-state index contributed by atoms with van der Waals surface area (Å²) >= 11 is 0. The van der Waals surface area contributed by atoms with Crippen LogP contribution in [0.3, 0.4) is 0 Å². The van der Waals surface area contributed by atoms with Crippen LogP contribution in [0.5, 0.6) is 0 Å². The Hall–Kier alpha value is -2.19. The third-order valence-corrected chi connectivity index (χ3v) is 2.07. The molecule has 2 rings (SSSR count). The lowest BCUT2D eigenvalue weighted by atomic mass is 10.1. The number of hydrogen-bond donors (Lipinski definition) is 2. The van der Waals surface area contributed by atoms with Crippen molar-refractivity contribution in [2.24, 2.45) is 0 Å². The van der Waals surface area contributed by atoms with Crippen LogP contribution in [0.4, 0.5) is 5.69 Å². The number of methoxy groups -OCH3 is 1. The van der Waals surface area contributed by atoms with Gasteiger partial charge in [-0.1, -0.05) is 12.1 Å². The molecule has 0 spiro atoms. The molecule has 1 heterocycles. The van der Waals surface area contributed by atoms with Crippen molar-refractivity contribution in [3.63, 3.8) is 0 Å². The van der Waals surface area contributed by atoms with Gasteiger partial charge in [-0.05, 0) is 17.9 Å². The Morgan fingerprint density at radius 2 is 2.13 bits per heavy atom. The van der Waals surface area contributed by atoms with Crippen LogP contribution < -0.4 is 5.32 Å². The van der Waals surface area contributed by atoms with Gasteiger partial charge in [0.1, 0.15) is 0 Å². The molecule has 4 heteroatoms. The first-order valence-electron chi connectivity index (χ1n) is 4.37.